The van der Waals surface area contributed by atoms with Crippen LogP contribution >= 0.6 is 0 Å². The number of aromatic nitrogens is 2. The zero-order chi connectivity index (χ0) is 26.8. The molecule has 3 aromatic rings. The highest BCUT2D eigenvalue weighted by atomic mass is 19.4. The van der Waals surface area contributed by atoms with Gasteiger partial charge < -0.3 is 14.4 Å². The third kappa shape index (κ3) is 6.87. The van der Waals surface area contributed by atoms with Crippen LogP contribution in [0.2, 0.25) is 0 Å². The summed E-state index contributed by atoms with van der Waals surface area (Å²) in [4.78, 5) is 35.5. The Hall–Kier alpha value is -3.89. The highest BCUT2D eigenvalue weighted by molar-refractivity contribution is 5.94. The van der Waals surface area contributed by atoms with E-state index in [1.165, 1.54) is 18.5 Å². The zero-order valence-corrected chi connectivity index (χ0v) is 20.6. The number of anilines is 1. The van der Waals surface area contributed by atoms with E-state index in [1.807, 2.05) is 6.07 Å². The van der Waals surface area contributed by atoms with Crippen LogP contribution in [0.25, 0.3) is 10.9 Å². The fourth-order valence-electron chi connectivity index (χ4n) is 4.24. The van der Waals surface area contributed by atoms with E-state index in [-0.39, 0.29) is 17.6 Å². The Morgan fingerprint density at radius 1 is 1.00 bits per heavy atom. The Labute approximate surface area is 211 Å². The number of amides is 2. The molecular weight excluding hydrogens is 489 g/mol. The van der Waals surface area contributed by atoms with Gasteiger partial charge in [-0.25, -0.2) is 14.8 Å². The average molecular weight is 517 g/mol. The fourth-order valence-corrected chi connectivity index (χ4v) is 4.24. The van der Waals surface area contributed by atoms with Crippen LogP contribution in [0.3, 0.4) is 0 Å². The minimum Gasteiger partial charge on any atom is -0.444 e. The molecule has 1 saturated heterocycles. The summed E-state index contributed by atoms with van der Waals surface area (Å²) in [5.74, 6) is -0.521. The van der Waals surface area contributed by atoms with Gasteiger partial charge in [-0.3, -0.25) is 10.1 Å². The Morgan fingerprint density at radius 3 is 2.30 bits per heavy atom. The molecule has 2 aromatic carbocycles. The van der Waals surface area contributed by atoms with E-state index in [2.05, 4.69) is 20.0 Å². The lowest BCUT2D eigenvalue weighted by Gasteiger charge is -2.32. The first-order valence-electron chi connectivity index (χ1n) is 11.8. The van der Waals surface area contributed by atoms with Crippen LogP contribution in [0.5, 0.6) is 5.75 Å². The van der Waals surface area contributed by atoms with E-state index in [0.29, 0.717) is 42.7 Å². The summed E-state index contributed by atoms with van der Waals surface area (Å²) in [6.45, 7) is 6.32. The van der Waals surface area contributed by atoms with Crippen molar-refractivity contribution in [2.75, 3.05) is 18.4 Å². The second-order valence-electron chi connectivity index (χ2n) is 9.76. The lowest BCUT2D eigenvalue weighted by atomic mass is 9.90. The molecule has 11 heteroatoms. The molecule has 4 rings (SSSR count). The van der Waals surface area contributed by atoms with E-state index in [4.69, 9.17) is 4.74 Å². The van der Waals surface area contributed by atoms with Crippen LogP contribution < -0.4 is 10.1 Å². The van der Waals surface area contributed by atoms with Crippen molar-refractivity contribution in [3.63, 3.8) is 0 Å². The number of halogens is 3. The van der Waals surface area contributed by atoms with Gasteiger partial charge in [-0.2, -0.15) is 0 Å². The largest absolute Gasteiger partial charge is 0.573 e. The molecule has 0 unspecified atom stereocenters. The van der Waals surface area contributed by atoms with Crippen LogP contribution in [0.1, 0.15) is 55.6 Å². The summed E-state index contributed by atoms with van der Waals surface area (Å²) in [6.07, 6.45) is -2.51. The number of carbonyl (C=O) groups excluding carboxylic acids is 2. The van der Waals surface area contributed by atoms with Gasteiger partial charge in [0.1, 0.15) is 17.7 Å². The summed E-state index contributed by atoms with van der Waals surface area (Å²) in [5.41, 5.74) is 1.79. The van der Waals surface area contributed by atoms with Crippen molar-refractivity contribution in [2.45, 2.75) is 51.5 Å². The molecule has 1 fully saturated rings. The van der Waals surface area contributed by atoms with Gasteiger partial charge >= 0.3 is 12.5 Å². The highest BCUT2D eigenvalue weighted by Crippen LogP contribution is 2.32. The molecule has 2 amide bonds. The molecule has 0 spiro atoms. The molecule has 1 N–H and O–H groups in total. The maximum absolute atomic E-state index is 12.9. The quantitative estimate of drug-likeness (QED) is 0.465. The topological polar surface area (TPSA) is 93.7 Å². The van der Waals surface area contributed by atoms with Gasteiger partial charge in [0.05, 0.1) is 11.2 Å². The first-order valence-corrected chi connectivity index (χ1v) is 11.8. The zero-order valence-electron chi connectivity index (χ0n) is 20.6. The monoisotopic (exact) mass is 516 g/mol. The number of ether oxygens (including phenoxy) is 2. The van der Waals surface area contributed by atoms with Gasteiger partial charge in [0.25, 0.3) is 5.91 Å². The standard InChI is InChI=1S/C26H27F3N4O4/c1-25(2,3)37-24(35)32-18-6-9-20-21(14-18)30-15-31-22(20)16-10-12-33(13-11-16)23(34)17-4-7-19(8-5-17)36-26(27,28)29/h4-9,14-16H,10-13H2,1-3H3,(H,32,35). The van der Waals surface area contributed by atoms with Gasteiger partial charge in [0.15, 0.2) is 0 Å². The Kier molecular flexibility index (Phi) is 7.24. The normalized spacial score (nSPS) is 14.9. The number of nitrogens with one attached hydrogen (secondary N) is 1. The van der Waals surface area contributed by atoms with Crippen molar-refractivity contribution in [2.24, 2.45) is 0 Å². The average Bonchev–Trinajstić information content (AvgIpc) is 2.81. The third-order valence-corrected chi connectivity index (χ3v) is 5.82. The molecule has 1 aromatic heterocycles. The highest BCUT2D eigenvalue weighted by Gasteiger charge is 2.31. The van der Waals surface area contributed by atoms with Crippen molar-refractivity contribution < 1.29 is 32.2 Å². The molecule has 8 nitrogen and oxygen atoms in total. The van der Waals surface area contributed by atoms with Crippen molar-refractivity contribution in [1.82, 2.24) is 14.9 Å². The summed E-state index contributed by atoms with van der Waals surface area (Å²) < 4.78 is 46.2. The molecule has 0 bridgehead atoms. The van der Waals surface area contributed by atoms with E-state index in [9.17, 15) is 22.8 Å². The number of hydrogen-bond donors (Lipinski definition) is 1. The fraction of sp³-hybridized carbons (Fsp3) is 0.385. The number of piperidine rings is 1. The van der Waals surface area contributed by atoms with Crippen molar-refractivity contribution in [1.29, 1.82) is 0 Å². The minimum absolute atomic E-state index is 0.0989. The second kappa shape index (κ2) is 10.2. The maximum atomic E-state index is 12.9. The van der Waals surface area contributed by atoms with Gasteiger partial charge in [-0.1, -0.05) is 0 Å². The van der Waals surface area contributed by atoms with Crippen molar-refractivity contribution >= 4 is 28.6 Å². The van der Waals surface area contributed by atoms with E-state index in [0.717, 1.165) is 23.2 Å². The van der Waals surface area contributed by atoms with E-state index >= 15 is 0 Å². The molecule has 0 aliphatic carbocycles. The third-order valence-electron chi connectivity index (χ3n) is 5.82. The predicted molar refractivity (Wildman–Crippen MR) is 130 cm³/mol. The van der Waals surface area contributed by atoms with Gasteiger partial charge in [-0.05, 0) is 76.1 Å². The van der Waals surface area contributed by atoms with E-state index in [1.54, 1.807) is 37.8 Å². The predicted octanol–water partition coefficient (Wildman–Crippen LogP) is 5.90. The summed E-state index contributed by atoms with van der Waals surface area (Å²) in [7, 11) is 0. The Morgan fingerprint density at radius 2 is 1.68 bits per heavy atom. The number of benzene rings is 2. The summed E-state index contributed by atoms with van der Waals surface area (Å²) >= 11 is 0. The van der Waals surface area contributed by atoms with Crippen molar-refractivity contribution in [3.05, 3.63) is 60.0 Å². The van der Waals surface area contributed by atoms with Crippen LogP contribution in [-0.4, -0.2) is 51.9 Å². The smallest absolute Gasteiger partial charge is 0.444 e. The second-order valence-corrected chi connectivity index (χ2v) is 9.76. The Bertz CT molecular complexity index is 1280. The lowest BCUT2D eigenvalue weighted by molar-refractivity contribution is -0.274. The maximum Gasteiger partial charge on any atom is 0.573 e. The molecule has 37 heavy (non-hydrogen) atoms. The first kappa shape index (κ1) is 26.2. The number of fused-ring (bicyclic) bond motifs is 1. The molecular formula is C26H27F3N4O4. The summed E-state index contributed by atoms with van der Waals surface area (Å²) in [5, 5.41) is 3.57. The molecule has 196 valence electrons. The number of carbonyl (C=O) groups is 2. The molecule has 1 aliphatic heterocycles. The Balaban J connectivity index is 1.40. The summed E-state index contributed by atoms with van der Waals surface area (Å²) in [6, 6.07) is 10.3. The SMILES string of the molecule is CC(C)(C)OC(=O)Nc1ccc2c(C3CCN(C(=O)c4ccc(OC(F)(F)F)cc4)CC3)ncnc2c1. The molecule has 1 aliphatic rings. The molecule has 0 atom stereocenters. The molecule has 0 saturated carbocycles. The first-order chi connectivity index (χ1) is 17.4. The van der Waals surface area contributed by atoms with Crippen LogP contribution in [-0.2, 0) is 4.74 Å². The number of rotatable bonds is 4. The van der Waals surface area contributed by atoms with Crippen LogP contribution in [0.4, 0.5) is 23.7 Å². The van der Waals surface area contributed by atoms with Gasteiger partial charge in [0.2, 0.25) is 0 Å². The number of alkyl halides is 3. The molecule has 0 radical (unpaired) electrons. The van der Waals surface area contributed by atoms with E-state index < -0.39 is 18.1 Å². The lowest BCUT2D eigenvalue weighted by Crippen LogP contribution is -2.38. The molecule has 2 heterocycles. The number of nitrogens with zero attached hydrogens (tertiary/aromatic N) is 3. The minimum atomic E-state index is -4.78. The van der Waals surface area contributed by atoms with Crippen molar-refractivity contribution in [3.8, 4) is 5.75 Å². The number of hydrogen-bond acceptors (Lipinski definition) is 6. The van der Waals surface area contributed by atoms with Gasteiger partial charge in [0, 0.05) is 35.6 Å². The van der Waals surface area contributed by atoms with Gasteiger partial charge in [-0.15, -0.1) is 13.2 Å². The number of likely N-dealkylation sites (tertiary alicyclic amines) is 1. The van der Waals surface area contributed by atoms with Crippen LogP contribution in [0, 0.1) is 0 Å². The van der Waals surface area contributed by atoms with Crippen LogP contribution in [0.15, 0.2) is 48.8 Å².